The molecule has 3 nitrogen and oxygen atoms in total. The Morgan fingerprint density at radius 1 is 1.42 bits per heavy atom. The summed E-state index contributed by atoms with van der Waals surface area (Å²) in [6.07, 6.45) is 0. The van der Waals surface area contributed by atoms with Crippen LogP contribution < -0.4 is 5.14 Å². The van der Waals surface area contributed by atoms with Crippen molar-refractivity contribution < 1.29 is 9.53 Å². The van der Waals surface area contributed by atoms with Crippen LogP contribution in [0.1, 0.15) is 21.4 Å². The lowest BCUT2D eigenvalue weighted by molar-refractivity contribution is 0.0522. The number of carbonyl (C=O) groups is 1. The van der Waals surface area contributed by atoms with E-state index in [0.717, 1.165) is 17.5 Å². The average molecular weight is 181 g/mol. The van der Waals surface area contributed by atoms with E-state index in [1.807, 2.05) is 18.2 Å². The smallest absolute Gasteiger partial charge is 0.340 e. The van der Waals surface area contributed by atoms with Crippen molar-refractivity contribution in [2.24, 2.45) is 5.14 Å². The van der Waals surface area contributed by atoms with Gasteiger partial charge in [-0.3, -0.25) is 5.14 Å². The van der Waals surface area contributed by atoms with Gasteiger partial charge in [-0.2, -0.15) is 0 Å². The molecule has 0 spiro atoms. The van der Waals surface area contributed by atoms with E-state index in [1.165, 1.54) is 0 Å². The molecule has 1 aromatic carbocycles. The summed E-state index contributed by atoms with van der Waals surface area (Å²) in [5.74, 6) is -0.284. The first-order chi connectivity index (χ1) is 5.83. The van der Waals surface area contributed by atoms with E-state index in [9.17, 15) is 4.79 Å². The molecule has 0 saturated carbocycles. The fourth-order valence-electron chi connectivity index (χ4n) is 1.21. The lowest BCUT2D eigenvalue weighted by Crippen LogP contribution is -1.96. The van der Waals surface area contributed by atoms with E-state index in [0.29, 0.717) is 5.56 Å². The van der Waals surface area contributed by atoms with Gasteiger partial charge in [-0.25, -0.2) is 4.79 Å². The minimum absolute atomic E-state index is 0.284. The normalized spacial score (nSPS) is 20.4. The number of rotatable bonds is 1. The molecule has 0 aliphatic carbocycles. The van der Waals surface area contributed by atoms with Gasteiger partial charge in [0, 0.05) is 5.56 Å². The summed E-state index contributed by atoms with van der Waals surface area (Å²) in [6, 6.07) is 7.27. The molecule has 2 N–H and O–H groups in total. The SMILES string of the molecule is NSC1OC(=O)c2ccccc21. The molecular weight excluding hydrogens is 174 g/mol. The molecule has 1 aliphatic heterocycles. The maximum atomic E-state index is 11.1. The molecule has 62 valence electrons. The molecule has 12 heavy (non-hydrogen) atoms. The number of hydrogen-bond donors (Lipinski definition) is 1. The molecule has 0 aromatic heterocycles. The highest BCUT2D eigenvalue weighted by molar-refractivity contribution is 7.97. The summed E-state index contributed by atoms with van der Waals surface area (Å²) in [7, 11) is 0. The van der Waals surface area contributed by atoms with Gasteiger partial charge in [0.25, 0.3) is 0 Å². The Hall–Kier alpha value is -1.00. The molecular formula is C8H7NO2S. The van der Waals surface area contributed by atoms with Crippen molar-refractivity contribution >= 4 is 17.9 Å². The average Bonchev–Trinajstić information content (AvgIpc) is 2.44. The molecule has 1 heterocycles. The summed E-state index contributed by atoms with van der Waals surface area (Å²) < 4.78 is 4.98. The zero-order chi connectivity index (χ0) is 8.55. The molecule has 1 aromatic rings. The van der Waals surface area contributed by atoms with E-state index in [-0.39, 0.29) is 11.4 Å². The Balaban J connectivity index is 2.50. The Morgan fingerprint density at radius 3 is 2.92 bits per heavy atom. The molecule has 0 amide bonds. The van der Waals surface area contributed by atoms with Gasteiger partial charge in [-0.05, 0) is 18.0 Å². The fraction of sp³-hybridized carbons (Fsp3) is 0.125. The largest absolute Gasteiger partial charge is 0.441 e. The molecule has 1 aliphatic rings. The van der Waals surface area contributed by atoms with E-state index in [4.69, 9.17) is 9.88 Å². The highest BCUT2D eigenvalue weighted by atomic mass is 32.2. The predicted octanol–water partition coefficient (Wildman–Crippen LogP) is 1.46. The van der Waals surface area contributed by atoms with Crippen molar-refractivity contribution in [1.29, 1.82) is 0 Å². The van der Waals surface area contributed by atoms with Crippen LogP contribution in [-0.2, 0) is 4.74 Å². The maximum Gasteiger partial charge on any atom is 0.340 e. The van der Waals surface area contributed by atoms with Gasteiger partial charge in [-0.15, -0.1) is 0 Å². The van der Waals surface area contributed by atoms with Crippen molar-refractivity contribution in [1.82, 2.24) is 0 Å². The first-order valence-corrected chi connectivity index (χ1v) is 4.42. The summed E-state index contributed by atoms with van der Waals surface area (Å²) in [5.41, 5.74) is 1.17. The zero-order valence-electron chi connectivity index (χ0n) is 6.19. The number of ether oxygens (including phenoxy) is 1. The standard InChI is InChI=1S/C8H7NO2S/c9-12-8-6-4-2-1-3-5(6)7(10)11-8/h1-4,8H,9H2. The minimum Gasteiger partial charge on any atom is -0.441 e. The van der Waals surface area contributed by atoms with Crippen LogP contribution in [0.2, 0.25) is 0 Å². The molecule has 1 atom stereocenters. The van der Waals surface area contributed by atoms with Crippen molar-refractivity contribution in [3.8, 4) is 0 Å². The second-order valence-corrected chi connectivity index (χ2v) is 3.16. The number of benzene rings is 1. The third-order valence-corrected chi connectivity index (χ3v) is 2.37. The van der Waals surface area contributed by atoms with Gasteiger partial charge in [0.05, 0.1) is 5.56 Å². The van der Waals surface area contributed by atoms with Crippen LogP contribution in [0, 0.1) is 0 Å². The van der Waals surface area contributed by atoms with Gasteiger partial charge in [0.1, 0.15) is 0 Å². The summed E-state index contributed by atoms with van der Waals surface area (Å²) in [6.45, 7) is 0. The second-order valence-electron chi connectivity index (χ2n) is 2.46. The van der Waals surface area contributed by atoms with Gasteiger partial charge in [-0.1, -0.05) is 18.2 Å². The predicted molar refractivity (Wildman–Crippen MR) is 46.4 cm³/mol. The lowest BCUT2D eigenvalue weighted by Gasteiger charge is -2.04. The van der Waals surface area contributed by atoms with Crippen molar-refractivity contribution in [2.75, 3.05) is 0 Å². The van der Waals surface area contributed by atoms with Crippen molar-refractivity contribution in [3.05, 3.63) is 35.4 Å². The second kappa shape index (κ2) is 2.80. The van der Waals surface area contributed by atoms with Gasteiger partial charge < -0.3 is 4.74 Å². The maximum absolute atomic E-state index is 11.1. The molecule has 0 saturated heterocycles. The van der Waals surface area contributed by atoms with Gasteiger partial charge >= 0.3 is 5.97 Å². The minimum atomic E-state index is -0.325. The van der Waals surface area contributed by atoms with Crippen LogP contribution in [0.15, 0.2) is 24.3 Å². The number of hydrogen-bond acceptors (Lipinski definition) is 4. The first kappa shape index (κ1) is 7.64. The van der Waals surface area contributed by atoms with Crippen molar-refractivity contribution in [2.45, 2.75) is 5.44 Å². The zero-order valence-corrected chi connectivity index (χ0v) is 7.01. The summed E-state index contributed by atoms with van der Waals surface area (Å²) in [4.78, 5) is 11.1. The topological polar surface area (TPSA) is 52.3 Å². The molecule has 0 bridgehead atoms. The van der Waals surface area contributed by atoms with Gasteiger partial charge in [0.2, 0.25) is 0 Å². The van der Waals surface area contributed by atoms with Crippen LogP contribution in [0.3, 0.4) is 0 Å². The van der Waals surface area contributed by atoms with Crippen molar-refractivity contribution in [3.63, 3.8) is 0 Å². The number of nitrogens with two attached hydrogens (primary N) is 1. The van der Waals surface area contributed by atoms with Gasteiger partial charge in [0.15, 0.2) is 5.44 Å². The number of cyclic esters (lactones) is 1. The summed E-state index contributed by atoms with van der Waals surface area (Å²) >= 11 is 1.04. The van der Waals surface area contributed by atoms with Crippen LogP contribution >= 0.6 is 11.9 Å². The number of esters is 1. The van der Waals surface area contributed by atoms with Crippen LogP contribution in [0.25, 0.3) is 0 Å². The first-order valence-electron chi connectivity index (χ1n) is 3.48. The number of carbonyl (C=O) groups excluding carboxylic acids is 1. The molecule has 0 fully saturated rings. The Labute approximate surface area is 74.0 Å². The number of fused-ring (bicyclic) bond motifs is 1. The third kappa shape index (κ3) is 1.00. The Bertz CT molecular complexity index is 327. The lowest BCUT2D eigenvalue weighted by atomic mass is 10.1. The molecule has 2 rings (SSSR count). The highest BCUT2D eigenvalue weighted by Crippen LogP contribution is 2.35. The van der Waals surface area contributed by atoms with E-state index in [1.54, 1.807) is 6.07 Å². The molecule has 1 unspecified atom stereocenters. The summed E-state index contributed by atoms with van der Waals surface area (Å²) in [5, 5.41) is 5.35. The highest BCUT2D eigenvalue weighted by Gasteiger charge is 2.29. The third-order valence-electron chi connectivity index (χ3n) is 1.77. The Kier molecular flexibility index (Phi) is 1.78. The van der Waals surface area contributed by atoms with Crippen LogP contribution in [0.4, 0.5) is 0 Å². The van der Waals surface area contributed by atoms with Crippen LogP contribution in [0.5, 0.6) is 0 Å². The van der Waals surface area contributed by atoms with E-state index >= 15 is 0 Å². The molecule has 4 heteroatoms. The molecule has 0 radical (unpaired) electrons. The Morgan fingerprint density at radius 2 is 2.17 bits per heavy atom. The van der Waals surface area contributed by atoms with E-state index < -0.39 is 0 Å². The monoisotopic (exact) mass is 181 g/mol. The quantitative estimate of drug-likeness (QED) is 0.526. The van der Waals surface area contributed by atoms with E-state index in [2.05, 4.69) is 0 Å². The fourth-order valence-corrected chi connectivity index (χ4v) is 1.71. The van der Waals surface area contributed by atoms with Crippen LogP contribution in [-0.4, -0.2) is 5.97 Å².